The molecule has 8 nitrogen and oxygen atoms in total. The fraction of sp³-hybridized carbons (Fsp3) is 0.237. The molecule has 3 aliphatic rings. The maximum absolute atomic E-state index is 15.0. The molecule has 8 heteroatoms. The van der Waals surface area contributed by atoms with Gasteiger partial charge in [0.1, 0.15) is 11.5 Å². The number of hydrogen-bond donors (Lipinski definition) is 1. The van der Waals surface area contributed by atoms with E-state index >= 15 is 4.79 Å². The van der Waals surface area contributed by atoms with Crippen molar-refractivity contribution in [2.45, 2.75) is 50.1 Å². The topological polar surface area (TPSA) is 110 Å². The first kappa shape index (κ1) is 29.3. The second-order valence-corrected chi connectivity index (χ2v) is 12.2. The molecule has 3 aliphatic heterocycles. The van der Waals surface area contributed by atoms with Gasteiger partial charge in [0, 0.05) is 34.6 Å². The first-order chi connectivity index (χ1) is 22.4. The minimum Gasteiger partial charge on any atom is -0.352 e. The molecule has 0 radical (unpaired) electrons. The number of fused-ring (bicyclic) bond motifs is 6. The summed E-state index contributed by atoms with van der Waals surface area (Å²) in [5.41, 5.74) is 3.13. The number of ketones is 2. The summed E-state index contributed by atoms with van der Waals surface area (Å²) in [5, 5.41) is 14.4. The van der Waals surface area contributed by atoms with Crippen LogP contribution in [0, 0.1) is 16.0 Å². The van der Waals surface area contributed by atoms with Gasteiger partial charge in [-0.15, -0.1) is 0 Å². The quantitative estimate of drug-likeness (QED) is 0.0929. The first-order valence-corrected chi connectivity index (χ1v) is 15.7. The summed E-state index contributed by atoms with van der Waals surface area (Å²) in [6, 6.07) is 26.3. The van der Waals surface area contributed by atoms with Crippen molar-refractivity contribution in [3.05, 3.63) is 141 Å². The van der Waals surface area contributed by atoms with Crippen LogP contribution in [0.2, 0.25) is 0 Å². The van der Waals surface area contributed by atoms with E-state index in [1.54, 1.807) is 0 Å². The number of nitro groups is 1. The summed E-state index contributed by atoms with van der Waals surface area (Å²) in [4.78, 5) is 57.1. The van der Waals surface area contributed by atoms with Gasteiger partial charge in [0.15, 0.2) is 11.6 Å². The lowest BCUT2D eigenvalue weighted by Gasteiger charge is -2.37. The highest BCUT2D eigenvalue weighted by molar-refractivity contribution is 6.18. The van der Waals surface area contributed by atoms with Crippen LogP contribution < -0.4 is 10.2 Å². The van der Waals surface area contributed by atoms with Crippen molar-refractivity contribution in [2.75, 3.05) is 10.2 Å². The minimum atomic E-state index is -1.42. The Bertz CT molecular complexity index is 1900. The summed E-state index contributed by atoms with van der Waals surface area (Å²) >= 11 is 0. The van der Waals surface area contributed by atoms with Gasteiger partial charge in [-0.2, -0.15) is 0 Å². The number of unbranched alkanes of at least 4 members (excludes halogenated alkanes) is 2. The Hall–Kier alpha value is -5.37. The van der Waals surface area contributed by atoms with Crippen LogP contribution in [0.25, 0.3) is 6.08 Å². The van der Waals surface area contributed by atoms with Crippen LogP contribution in [0.4, 0.5) is 17.1 Å². The van der Waals surface area contributed by atoms with Gasteiger partial charge in [0.05, 0.1) is 16.9 Å². The molecule has 230 valence electrons. The average Bonchev–Trinajstić information content (AvgIpc) is 3.56. The number of carbonyl (C=O) groups excluding carboxylic acids is 3. The highest BCUT2D eigenvalue weighted by Crippen LogP contribution is 2.58. The zero-order valence-electron chi connectivity index (χ0n) is 25.4. The molecule has 4 aromatic carbocycles. The van der Waals surface area contributed by atoms with Crippen LogP contribution in [-0.4, -0.2) is 34.5 Å². The molecular weight excluding hydrogens is 578 g/mol. The van der Waals surface area contributed by atoms with Gasteiger partial charge in [-0.05, 0) is 53.8 Å². The number of amides is 1. The SMILES string of the molecule is CCCCCc1ccc(C(=O)[C@H]2[C@@H](C(=O)c3ccc([N+](=O)[O-])cc3)N3c4ccccc4C=C[C@@H]3[C@]23C(=O)Nc2ccccc23)cc1. The molecule has 1 saturated heterocycles. The Labute approximate surface area is 266 Å². The number of para-hydroxylation sites is 2. The normalized spacial score (nSPS) is 22.2. The Morgan fingerprint density at radius 2 is 1.54 bits per heavy atom. The summed E-state index contributed by atoms with van der Waals surface area (Å²) in [6.45, 7) is 2.16. The fourth-order valence-electron chi connectivity index (χ4n) is 7.63. The van der Waals surface area contributed by atoms with Gasteiger partial charge in [0.25, 0.3) is 5.69 Å². The lowest BCUT2D eigenvalue weighted by molar-refractivity contribution is -0.384. The highest BCUT2D eigenvalue weighted by atomic mass is 16.6. The fourth-order valence-corrected chi connectivity index (χ4v) is 7.63. The van der Waals surface area contributed by atoms with Crippen molar-refractivity contribution in [2.24, 2.45) is 5.92 Å². The van der Waals surface area contributed by atoms with E-state index in [9.17, 15) is 19.7 Å². The van der Waals surface area contributed by atoms with Crippen LogP contribution in [-0.2, 0) is 16.6 Å². The lowest BCUT2D eigenvalue weighted by Crippen LogP contribution is -2.51. The predicted molar refractivity (Wildman–Crippen MR) is 177 cm³/mol. The Morgan fingerprint density at radius 1 is 0.870 bits per heavy atom. The van der Waals surface area contributed by atoms with Gasteiger partial charge in [-0.25, -0.2) is 0 Å². The van der Waals surface area contributed by atoms with E-state index in [4.69, 9.17) is 0 Å². The molecule has 0 saturated carbocycles. The first-order valence-electron chi connectivity index (χ1n) is 15.7. The maximum Gasteiger partial charge on any atom is 0.269 e. The maximum atomic E-state index is 15.0. The third kappa shape index (κ3) is 4.47. The van der Waals surface area contributed by atoms with Crippen molar-refractivity contribution >= 4 is 40.6 Å². The van der Waals surface area contributed by atoms with Crippen LogP contribution in [0.15, 0.2) is 103 Å². The van der Waals surface area contributed by atoms with Crippen LogP contribution >= 0.6 is 0 Å². The Balaban J connectivity index is 1.43. The zero-order valence-corrected chi connectivity index (χ0v) is 25.4. The third-order valence-corrected chi connectivity index (χ3v) is 9.76. The molecule has 3 heterocycles. The standard InChI is InChI=1S/C38H33N3O5/c1-2-3-4-9-24-14-16-26(17-15-24)35(42)33-34(36(43)27-18-21-28(22-19-27)41(45)46)40-31-13-8-5-10-25(31)20-23-32(40)38(33)29-11-6-7-12-30(29)39-37(38)44/h5-8,10-23,32-34H,2-4,9H2,1H3,(H,39,44)/t32-,33-,34+,38+/m1/s1. The predicted octanol–water partition coefficient (Wildman–Crippen LogP) is 7.18. The van der Waals surface area contributed by atoms with E-state index in [1.165, 1.54) is 24.3 Å². The van der Waals surface area contributed by atoms with E-state index in [1.807, 2.05) is 89.8 Å². The van der Waals surface area contributed by atoms with Crippen molar-refractivity contribution in [3.8, 4) is 0 Å². The molecule has 1 N–H and O–H groups in total. The molecule has 1 spiro atoms. The van der Waals surface area contributed by atoms with Gasteiger partial charge < -0.3 is 10.2 Å². The Morgan fingerprint density at radius 3 is 2.28 bits per heavy atom. The molecule has 4 aromatic rings. The van der Waals surface area contributed by atoms with Gasteiger partial charge in [-0.1, -0.05) is 92.6 Å². The molecule has 1 fully saturated rings. The van der Waals surface area contributed by atoms with Crippen molar-refractivity contribution < 1.29 is 19.3 Å². The van der Waals surface area contributed by atoms with Gasteiger partial charge >= 0.3 is 0 Å². The van der Waals surface area contributed by atoms with Gasteiger partial charge in [0.2, 0.25) is 5.91 Å². The number of nitro benzene ring substituents is 1. The van der Waals surface area contributed by atoms with E-state index in [0.717, 1.165) is 42.5 Å². The van der Waals surface area contributed by atoms with Crippen molar-refractivity contribution in [1.29, 1.82) is 0 Å². The van der Waals surface area contributed by atoms with Crippen molar-refractivity contribution in [3.63, 3.8) is 0 Å². The molecule has 0 bridgehead atoms. The number of Topliss-reactive ketones (excluding diaryl/α,β-unsaturated/α-hetero) is 2. The van der Waals surface area contributed by atoms with E-state index in [0.29, 0.717) is 16.8 Å². The van der Waals surface area contributed by atoms with Crippen molar-refractivity contribution in [1.82, 2.24) is 0 Å². The van der Waals surface area contributed by atoms with E-state index in [2.05, 4.69) is 12.2 Å². The summed E-state index contributed by atoms with van der Waals surface area (Å²) in [6.07, 6.45) is 8.09. The number of hydrogen-bond acceptors (Lipinski definition) is 6. The molecule has 46 heavy (non-hydrogen) atoms. The number of nitrogens with one attached hydrogen (secondary N) is 1. The van der Waals surface area contributed by atoms with Crippen LogP contribution in [0.1, 0.15) is 63.6 Å². The molecule has 0 unspecified atom stereocenters. The molecule has 7 rings (SSSR count). The number of non-ortho nitro benzene ring substituents is 1. The second kappa shape index (κ2) is 11.5. The molecule has 1 amide bonds. The van der Waals surface area contributed by atoms with Crippen LogP contribution in [0.3, 0.4) is 0 Å². The second-order valence-electron chi connectivity index (χ2n) is 12.2. The minimum absolute atomic E-state index is 0.140. The molecule has 0 aromatic heterocycles. The van der Waals surface area contributed by atoms with E-state index < -0.39 is 28.3 Å². The highest BCUT2D eigenvalue weighted by Gasteiger charge is 2.70. The monoisotopic (exact) mass is 611 g/mol. The number of carbonyl (C=O) groups is 3. The zero-order chi connectivity index (χ0) is 32.0. The summed E-state index contributed by atoms with van der Waals surface area (Å²) in [7, 11) is 0. The van der Waals surface area contributed by atoms with Gasteiger partial charge in [-0.3, -0.25) is 24.5 Å². The summed E-state index contributed by atoms with van der Waals surface area (Å²) in [5.74, 6) is -2.12. The Kier molecular flexibility index (Phi) is 7.35. The number of aryl methyl sites for hydroxylation is 1. The smallest absolute Gasteiger partial charge is 0.269 e. The lowest BCUT2D eigenvalue weighted by atomic mass is 9.64. The summed E-state index contributed by atoms with van der Waals surface area (Å²) < 4.78 is 0. The van der Waals surface area contributed by atoms with Crippen LogP contribution in [0.5, 0.6) is 0 Å². The number of rotatable bonds is 9. The third-order valence-electron chi connectivity index (χ3n) is 9.76. The number of nitrogens with zero attached hydrogens (tertiary/aromatic N) is 2. The average molecular weight is 612 g/mol. The molecule has 4 atom stereocenters. The van der Waals surface area contributed by atoms with E-state index in [-0.39, 0.29) is 28.7 Å². The number of benzene rings is 4. The molecule has 0 aliphatic carbocycles. The number of anilines is 2. The largest absolute Gasteiger partial charge is 0.352 e. The molecular formula is C38H33N3O5.